The van der Waals surface area contributed by atoms with Gasteiger partial charge in [-0.05, 0) is 18.2 Å². The van der Waals surface area contributed by atoms with E-state index in [1.807, 2.05) is 0 Å². The molecule has 0 spiro atoms. The zero-order chi connectivity index (χ0) is 14.7. The van der Waals surface area contributed by atoms with Gasteiger partial charge in [0.1, 0.15) is 23.2 Å². The number of hydrogen-bond donors (Lipinski definition) is 1. The van der Waals surface area contributed by atoms with Gasteiger partial charge in [0, 0.05) is 17.2 Å². The molecule has 0 aliphatic heterocycles. The molecule has 0 heterocycles. The Morgan fingerprint density at radius 3 is 2.60 bits per heavy atom. The molecule has 6 heteroatoms. The van der Waals surface area contributed by atoms with Gasteiger partial charge in [-0.25, -0.2) is 13.2 Å². The van der Waals surface area contributed by atoms with Crippen molar-refractivity contribution in [2.45, 2.75) is 6.61 Å². The van der Waals surface area contributed by atoms with Crippen LogP contribution in [0.25, 0.3) is 0 Å². The highest BCUT2D eigenvalue weighted by molar-refractivity contribution is 7.80. The molecule has 0 atom stereocenters. The van der Waals surface area contributed by atoms with Gasteiger partial charge < -0.3 is 10.5 Å². The largest absolute Gasteiger partial charge is 0.486 e. The second kappa shape index (κ2) is 5.92. The molecule has 0 bridgehead atoms. The number of hydrogen-bond acceptors (Lipinski definition) is 2. The summed E-state index contributed by atoms with van der Waals surface area (Å²) in [5.41, 5.74) is 5.61. The molecule has 0 saturated heterocycles. The third-order valence-corrected chi connectivity index (χ3v) is 2.84. The zero-order valence-electron chi connectivity index (χ0n) is 10.2. The molecule has 0 aliphatic carbocycles. The lowest BCUT2D eigenvalue weighted by Gasteiger charge is -2.10. The Balaban J connectivity index is 2.21. The Morgan fingerprint density at radius 1 is 1.15 bits per heavy atom. The van der Waals surface area contributed by atoms with E-state index in [0.717, 1.165) is 18.2 Å². The minimum Gasteiger partial charge on any atom is -0.486 e. The fourth-order valence-electron chi connectivity index (χ4n) is 1.62. The molecule has 2 N–H and O–H groups in total. The quantitative estimate of drug-likeness (QED) is 0.879. The predicted molar refractivity (Wildman–Crippen MR) is 73.0 cm³/mol. The number of nitrogens with two attached hydrogens (primary N) is 1. The standard InChI is InChI=1S/C14H10F3NOS/c15-9-4-5-11(16)12(6-9)19-7-8-2-1-3-10(13(8)17)14(18)20/h1-6H,7H2,(H2,18,20). The molecule has 0 unspecified atom stereocenters. The third-order valence-electron chi connectivity index (χ3n) is 2.62. The second-order valence-electron chi connectivity index (χ2n) is 4.01. The molecule has 2 aromatic rings. The molecule has 2 rings (SSSR count). The van der Waals surface area contributed by atoms with Gasteiger partial charge >= 0.3 is 0 Å². The average Bonchev–Trinajstić information content (AvgIpc) is 2.41. The summed E-state index contributed by atoms with van der Waals surface area (Å²) in [7, 11) is 0. The summed E-state index contributed by atoms with van der Waals surface area (Å²) in [5, 5.41) is 0. The van der Waals surface area contributed by atoms with E-state index < -0.39 is 17.5 Å². The van der Waals surface area contributed by atoms with Gasteiger partial charge in [-0.2, -0.15) is 0 Å². The molecule has 2 aromatic carbocycles. The van der Waals surface area contributed by atoms with E-state index in [1.165, 1.54) is 12.1 Å². The Labute approximate surface area is 119 Å². The van der Waals surface area contributed by atoms with E-state index in [9.17, 15) is 13.2 Å². The number of halogens is 3. The normalized spacial score (nSPS) is 10.3. The minimum atomic E-state index is -0.725. The van der Waals surface area contributed by atoms with Crippen molar-refractivity contribution in [3.05, 3.63) is 65.0 Å². The number of benzene rings is 2. The maximum Gasteiger partial charge on any atom is 0.165 e. The second-order valence-corrected chi connectivity index (χ2v) is 4.45. The number of rotatable bonds is 4. The van der Waals surface area contributed by atoms with Crippen molar-refractivity contribution in [2.75, 3.05) is 0 Å². The molecule has 0 radical (unpaired) electrons. The van der Waals surface area contributed by atoms with Crippen LogP contribution >= 0.6 is 12.2 Å². The van der Waals surface area contributed by atoms with E-state index >= 15 is 0 Å². The van der Waals surface area contributed by atoms with Gasteiger partial charge in [0.2, 0.25) is 0 Å². The Kier molecular flexibility index (Phi) is 4.24. The van der Waals surface area contributed by atoms with Crippen molar-refractivity contribution in [1.29, 1.82) is 0 Å². The van der Waals surface area contributed by atoms with Crippen molar-refractivity contribution in [3.63, 3.8) is 0 Å². The van der Waals surface area contributed by atoms with Crippen LogP contribution in [0, 0.1) is 17.5 Å². The summed E-state index contributed by atoms with van der Waals surface area (Å²) < 4.78 is 45.4. The summed E-state index contributed by atoms with van der Waals surface area (Å²) in [4.78, 5) is -0.0821. The molecule has 0 amide bonds. The van der Waals surface area contributed by atoms with Gasteiger partial charge in [-0.15, -0.1) is 0 Å². The van der Waals surface area contributed by atoms with Crippen molar-refractivity contribution in [2.24, 2.45) is 5.73 Å². The summed E-state index contributed by atoms with van der Waals surface area (Å²) in [6.45, 7) is -0.261. The first kappa shape index (κ1) is 14.3. The fourth-order valence-corrected chi connectivity index (χ4v) is 1.78. The highest BCUT2D eigenvalue weighted by Crippen LogP contribution is 2.21. The predicted octanol–water partition coefficient (Wildman–Crippen LogP) is 3.32. The lowest BCUT2D eigenvalue weighted by Crippen LogP contribution is -2.13. The number of ether oxygens (including phenoxy) is 1. The highest BCUT2D eigenvalue weighted by atomic mass is 32.1. The SMILES string of the molecule is NC(=S)c1cccc(COc2cc(F)ccc2F)c1F. The molecule has 0 aliphatic rings. The van der Waals surface area contributed by atoms with Gasteiger partial charge in [0.05, 0.1) is 0 Å². The molecule has 0 saturated carbocycles. The maximum absolute atomic E-state index is 14.0. The Hall–Kier alpha value is -2.08. The van der Waals surface area contributed by atoms with Crippen LogP contribution in [0.3, 0.4) is 0 Å². The summed E-state index contributed by atoms with van der Waals surface area (Å²) in [6.07, 6.45) is 0. The van der Waals surface area contributed by atoms with E-state index in [0.29, 0.717) is 0 Å². The average molecular weight is 297 g/mol. The molecule has 104 valence electrons. The maximum atomic E-state index is 14.0. The van der Waals surface area contributed by atoms with Crippen molar-refractivity contribution in [1.82, 2.24) is 0 Å². The summed E-state index contributed by atoms with van der Waals surface area (Å²) >= 11 is 4.71. The van der Waals surface area contributed by atoms with E-state index in [-0.39, 0.29) is 28.5 Å². The molecular formula is C14H10F3NOS. The Bertz CT molecular complexity index is 661. The van der Waals surface area contributed by atoms with Crippen LogP contribution in [-0.2, 0) is 6.61 Å². The van der Waals surface area contributed by atoms with E-state index in [4.69, 9.17) is 22.7 Å². The van der Waals surface area contributed by atoms with Crippen LogP contribution in [0.15, 0.2) is 36.4 Å². The summed E-state index contributed by atoms with van der Waals surface area (Å²) in [5.74, 6) is -2.28. The van der Waals surface area contributed by atoms with Gasteiger partial charge in [0.15, 0.2) is 11.6 Å². The van der Waals surface area contributed by atoms with Crippen LogP contribution in [-0.4, -0.2) is 4.99 Å². The molecule has 0 aromatic heterocycles. The van der Waals surface area contributed by atoms with Crippen LogP contribution in [0.2, 0.25) is 0 Å². The Morgan fingerprint density at radius 2 is 1.90 bits per heavy atom. The van der Waals surface area contributed by atoms with Gasteiger partial charge in [-0.3, -0.25) is 0 Å². The molecule has 20 heavy (non-hydrogen) atoms. The number of thiocarbonyl (C=S) groups is 1. The van der Waals surface area contributed by atoms with Crippen molar-refractivity contribution >= 4 is 17.2 Å². The van der Waals surface area contributed by atoms with Crippen molar-refractivity contribution < 1.29 is 17.9 Å². The van der Waals surface area contributed by atoms with Crippen LogP contribution in [0.5, 0.6) is 5.75 Å². The highest BCUT2D eigenvalue weighted by Gasteiger charge is 2.12. The lowest BCUT2D eigenvalue weighted by molar-refractivity contribution is 0.283. The molecule has 0 fully saturated rings. The lowest BCUT2D eigenvalue weighted by atomic mass is 10.1. The first-order chi connectivity index (χ1) is 9.49. The monoisotopic (exact) mass is 297 g/mol. The van der Waals surface area contributed by atoms with Crippen molar-refractivity contribution in [3.8, 4) is 5.75 Å². The van der Waals surface area contributed by atoms with Gasteiger partial charge in [0.25, 0.3) is 0 Å². The third kappa shape index (κ3) is 3.08. The van der Waals surface area contributed by atoms with E-state index in [2.05, 4.69) is 0 Å². The first-order valence-corrected chi connectivity index (χ1v) is 6.05. The van der Waals surface area contributed by atoms with Crippen LogP contribution in [0.1, 0.15) is 11.1 Å². The topological polar surface area (TPSA) is 35.2 Å². The minimum absolute atomic E-state index is 0.0821. The fraction of sp³-hybridized carbons (Fsp3) is 0.0714. The molecular weight excluding hydrogens is 287 g/mol. The van der Waals surface area contributed by atoms with Crippen LogP contribution in [0.4, 0.5) is 13.2 Å². The van der Waals surface area contributed by atoms with E-state index in [1.54, 1.807) is 6.07 Å². The summed E-state index contributed by atoms with van der Waals surface area (Å²) in [6, 6.07) is 7.24. The molecule has 2 nitrogen and oxygen atoms in total. The van der Waals surface area contributed by atoms with Gasteiger partial charge in [-0.1, -0.05) is 24.4 Å². The zero-order valence-corrected chi connectivity index (χ0v) is 11.0. The van der Waals surface area contributed by atoms with Crippen LogP contribution < -0.4 is 10.5 Å². The smallest absolute Gasteiger partial charge is 0.165 e. The first-order valence-electron chi connectivity index (χ1n) is 5.64.